The van der Waals surface area contributed by atoms with Crippen LogP contribution < -0.4 is 0 Å². The molecular formula is C17H24FNO2. The van der Waals surface area contributed by atoms with Crippen LogP contribution in [0, 0.1) is 17.2 Å². The van der Waals surface area contributed by atoms with Crippen LogP contribution in [0.2, 0.25) is 0 Å². The van der Waals surface area contributed by atoms with E-state index >= 15 is 0 Å². The first kappa shape index (κ1) is 16.0. The number of rotatable bonds is 3. The van der Waals surface area contributed by atoms with E-state index in [4.69, 9.17) is 0 Å². The van der Waals surface area contributed by atoms with Crippen molar-refractivity contribution < 1.29 is 14.3 Å². The second-order valence-electron chi connectivity index (χ2n) is 7.00. The fourth-order valence-electron chi connectivity index (χ4n) is 2.98. The Hall–Kier alpha value is -1.42. The summed E-state index contributed by atoms with van der Waals surface area (Å²) in [6.45, 7) is 8.76. The van der Waals surface area contributed by atoms with Crippen molar-refractivity contribution in [1.82, 2.24) is 4.90 Å². The van der Waals surface area contributed by atoms with E-state index in [1.165, 1.54) is 6.07 Å². The molecule has 0 atom stereocenters. The van der Waals surface area contributed by atoms with Gasteiger partial charge >= 0.3 is 0 Å². The van der Waals surface area contributed by atoms with Crippen LogP contribution >= 0.6 is 0 Å². The van der Waals surface area contributed by atoms with Crippen molar-refractivity contribution in [3.8, 4) is 5.75 Å². The Morgan fingerprint density at radius 3 is 2.52 bits per heavy atom. The number of nitrogens with zero attached hydrogens (tertiary/aromatic N) is 1. The Morgan fingerprint density at radius 1 is 1.33 bits per heavy atom. The van der Waals surface area contributed by atoms with Gasteiger partial charge in [-0.15, -0.1) is 0 Å². The molecular weight excluding hydrogens is 269 g/mol. The second-order valence-corrected chi connectivity index (χ2v) is 7.00. The van der Waals surface area contributed by atoms with Crippen LogP contribution in [0.4, 0.5) is 4.39 Å². The highest BCUT2D eigenvalue weighted by atomic mass is 19.1. The third-order valence-corrected chi connectivity index (χ3v) is 4.44. The van der Waals surface area contributed by atoms with Crippen molar-refractivity contribution >= 4 is 5.78 Å². The van der Waals surface area contributed by atoms with Gasteiger partial charge in [-0.2, -0.15) is 0 Å². The number of hydrogen-bond acceptors (Lipinski definition) is 3. The van der Waals surface area contributed by atoms with Crippen LogP contribution in [0.3, 0.4) is 0 Å². The van der Waals surface area contributed by atoms with Gasteiger partial charge < -0.3 is 5.11 Å². The van der Waals surface area contributed by atoms with Crippen LogP contribution in [0.15, 0.2) is 18.2 Å². The molecule has 0 spiro atoms. The summed E-state index contributed by atoms with van der Waals surface area (Å²) in [5.74, 6) is -0.193. The largest absolute Gasteiger partial charge is 0.507 e. The molecule has 0 bridgehead atoms. The first-order chi connectivity index (χ1) is 9.77. The van der Waals surface area contributed by atoms with Gasteiger partial charge in [-0.05, 0) is 55.5 Å². The van der Waals surface area contributed by atoms with Crippen molar-refractivity contribution in [1.29, 1.82) is 0 Å². The fraction of sp³-hybridized carbons (Fsp3) is 0.588. The lowest BCUT2D eigenvalue weighted by molar-refractivity contribution is 0.0819. The lowest BCUT2D eigenvalue weighted by Crippen LogP contribution is -2.40. The maximum Gasteiger partial charge on any atom is 0.180 e. The summed E-state index contributed by atoms with van der Waals surface area (Å²) >= 11 is 0. The number of Topliss-reactive ketones (excluding diaryl/α,β-unsaturated/α-hetero) is 1. The van der Waals surface area contributed by atoms with Gasteiger partial charge in [-0.3, -0.25) is 9.69 Å². The maximum atomic E-state index is 13.2. The summed E-state index contributed by atoms with van der Waals surface area (Å²) < 4.78 is 13.2. The summed E-state index contributed by atoms with van der Waals surface area (Å²) in [5.41, 5.74) is 0.379. The molecule has 1 aliphatic heterocycles. The lowest BCUT2D eigenvalue weighted by Gasteiger charge is -2.38. The van der Waals surface area contributed by atoms with E-state index in [-0.39, 0.29) is 23.6 Å². The van der Waals surface area contributed by atoms with Gasteiger partial charge in [0.15, 0.2) is 5.78 Å². The number of hydrogen-bond donors (Lipinski definition) is 1. The highest BCUT2D eigenvalue weighted by Gasteiger charge is 2.29. The van der Waals surface area contributed by atoms with E-state index in [2.05, 4.69) is 25.7 Å². The quantitative estimate of drug-likeness (QED) is 0.868. The topological polar surface area (TPSA) is 40.5 Å². The van der Waals surface area contributed by atoms with Crippen molar-refractivity contribution in [2.45, 2.75) is 33.6 Å². The summed E-state index contributed by atoms with van der Waals surface area (Å²) in [7, 11) is 0. The number of carbonyl (C=O) groups excluding carboxylic acids is 1. The summed E-state index contributed by atoms with van der Waals surface area (Å²) in [4.78, 5) is 14.3. The van der Waals surface area contributed by atoms with Gasteiger partial charge in [0, 0.05) is 0 Å². The van der Waals surface area contributed by atoms with Crippen LogP contribution in [0.1, 0.15) is 44.0 Å². The minimum absolute atomic E-state index is 0.0768. The smallest absolute Gasteiger partial charge is 0.180 e. The zero-order chi connectivity index (χ0) is 15.6. The summed E-state index contributed by atoms with van der Waals surface area (Å²) in [6, 6.07) is 3.49. The third-order valence-electron chi connectivity index (χ3n) is 4.44. The van der Waals surface area contributed by atoms with Gasteiger partial charge in [0.05, 0.1) is 12.1 Å². The molecule has 1 fully saturated rings. The molecule has 0 aliphatic carbocycles. The van der Waals surface area contributed by atoms with Gasteiger partial charge in [-0.1, -0.05) is 20.8 Å². The van der Waals surface area contributed by atoms with E-state index in [1.807, 2.05) is 0 Å². The first-order valence-electron chi connectivity index (χ1n) is 7.51. The van der Waals surface area contributed by atoms with Gasteiger partial charge in [-0.25, -0.2) is 4.39 Å². The number of phenolic OH excluding ortho intramolecular Hbond substituents is 1. The fourth-order valence-corrected chi connectivity index (χ4v) is 2.98. The molecule has 3 nitrogen and oxygen atoms in total. The Morgan fingerprint density at radius 2 is 1.95 bits per heavy atom. The number of piperidine rings is 1. The molecule has 0 radical (unpaired) electrons. The Balaban J connectivity index is 1.94. The average Bonchev–Trinajstić information content (AvgIpc) is 2.41. The van der Waals surface area contributed by atoms with Crippen molar-refractivity contribution in [3.63, 3.8) is 0 Å². The van der Waals surface area contributed by atoms with E-state index in [9.17, 15) is 14.3 Å². The van der Waals surface area contributed by atoms with Crippen LogP contribution in [0.25, 0.3) is 0 Å². The van der Waals surface area contributed by atoms with Crippen molar-refractivity contribution in [3.05, 3.63) is 29.6 Å². The SMILES string of the molecule is CC(C)(C)C1CCN(CC(=O)c2cc(F)ccc2O)CC1. The lowest BCUT2D eigenvalue weighted by atomic mass is 9.75. The monoisotopic (exact) mass is 293 g/mol. The predicted octanol–water partition coefficient (Wildman–Crippen LogP) is 3.47. The van der Waals surface area contributed by atoms with E-state index in [0.717, 1.165) is 38.1 Å². The minimum atomic E-state index is -0.498. The zero-order valence-electron chi connectivity index (χ0n) is 13.0. The van der Waals surface area contributed by atoms with Crippen LogP contribution in [0.5, 0.6) is 5.75 Å². The highest BCUT2D eigenvalue weighted by molar-refractivity contribution is 6.00. The number of halogens is 1. The highest BCUT2D eigenvalue weighted by Crippen LogP contribution is 2.34. The summed E-state index contributed by atoms with van der Waals surface area (Å²) in [6.07, 6.45) is 2.15. The van der Waals surface area contributed by atoms with Gasteiger partial charge in [0.1, 0.15) is 11.6 Å². The number of phenols is 1. The third kappa shape index (κ3) is 4.03. The molecule has 1 aromatic rings. The normalized spacial score (nSPS) is 17.9. The van der Waals surface area contributed by atoms with Crippen molar-refractivity contribution in [2.24, 2.45) is 11.3 Å². The molecule has 0 aromatic heterocycles. The van der Waals surface area contributed by atoms with Gasteiger partial charge in [0.2, 0.25) is 0 Å². The first-order valence-corrected chi connectivity index (χ1v) is 7.51. The van der Waals surface area contributed by atoms with Crippen LogP contribution in [-0.2, 0) is 0 Å². The molecule has 0 unspecified atom stereocenters. The number of likely N-dealkylation sites (tertiary alicyclic amines) is 1. The number of ketones is 1. The van der Waals surface area contributed by atoms with Crippen molar-refractivity contribution in [2.75, 3.05) is 19.6 Å². The Kier molecular flexibility index (Phi) is 4.67. The molecule has 4 heteroatoms. The summed E-state index contributed by atoms with van der Waals surface area (Å²) in [5, 5.41) is 9.68. The molecule has 1 aliphatic rings. The molecule has 116 valence electrons. The average molecular weight is 293 g/mol. The zero-order valence-corrected chi connectivity index (χ0v) is 13.0. The van der Waals surface area contributed by atoms with E-state index in [0.29, 0.717) is 11.3 Å². The van der Waals surface area contributed by atoms with Crippen LogP contribution in [-0.4, -0.2) is 35.4 Å². The maximum absolute atomic E-state index is 13.2. The Bertz CT molecular complexity index is 514. The standard InChI is InChI=1S/C17H24FNO2/c1-17(2,3)12-6-8-19(9-7-12)11-16(21)14-10-13(18)4-5-15(14)20/h4-5,10,12,20H,6-9,11H2,1-3H3. The van der Waals surface area contributed by atoms with E-state index in [1.54, 1.807) is 0 Å². The molecule has 1 saturated heterocycles. The number of benzene rings is 1. The number of aromatic hydroxyl groups is 1. The second kappa shape index (κ2) is 6.14. The molecule has 0 amide bonds. The molecule has 2 rings (SSSR count). The molecule has 0 saturated carbocycles. The van der Waals surface area contributed by atoms with Gasteiger partial charge in [0.25, 0.3) is 0 Å². The molecule has 21 heavy (non-hydrogen) atoms. The molecule has 1 heterocycles. The molecule has 1 aromatic carbocycles. The minimum Gasteiger partial charge on any atom is -0.507 e. The van der Waals surface area contributed by atoms with E-state index < -0.39 is 5.82 Å². The number of carbonyl (C=O) groups is 1. The predicted molar refractivity (Wildman–Crippen MR) is 81.0 cm³/mol. The Labute approximate surface area is 125 Å². The molecule has 1 N–H and O–H groups in total.